The molecule has 134 valence electrons. The van der Waals surface area contributed by atoms with Crippen molar-refractivity contribution < 1.29 is 18.4 Å². The van der Waals surface area contributed by atoms with Crippen LogP contribution in [0.1, 0.15) is 5.56 Å². The molecule has 0 saturated carbocycles. The van der Waals surface area contributed by atoms with Gasteiger partial charge in [-0.2, -0.15) is 0 Å². The van der Waals surface area contributed by atoms with Crippen molar-refractivity contribution in [2.75, 3.05) is 4.72 Å². The lowest BCUT2D eigenvalue weighted by molar-refractivity contribution is -0.124. The van der Waals surface area contributed by atoms with Crippen LogP contribution in [0, 0.1) is 0 Å². The topological polar surface area (TPSA) is 95.5 Å². The highest BCUT2D eigenvalue weighted by Crippen LogP contribution is 2.34. The maximum atomic E-state index is 12.5. The fourth-order valence-electron chi connectivity index (χ4n) is 2.09. The molecular weight excluding hydrogens is 392 g/mol. The normalized spacial score (nSPS) is 11.6. The molecule has 0 aliphatic rings. The summed E-state index contributed by atoms with van der Waals surface area (Å²) in [6.45, 7) is 0. The number of sulfonamides is 1. The van der Waals surface area contributed by atoms with E-state index in [0.29, 0.717) is 11.3 Å². The number of amides is 1. The third kappa shape index (κ3) is 4.38. The number of hydroxylamine groups is 1. The molecule has 6 nitrogen and oxygen atoms in total. The maximum Gasteiger partial charge on any atom is 0.271 e. The predicted molar refractivity (Wildman–Crippen MR) is 104 cm³/mol. The molecule has 0 aliphatic carbocycles. The van der Waals surface area contributed by atoms with Gasteiger partial charge in [-0.1, -0.05) is 18.2 Å². The molecule has 0 bridgehead atoms. The minimum absolute atomic E-state index is 0.240. The van der Waals surface area contributed by atoms with Gasteiger partial charge in [0.15, 0.2) is 0 Å². The number of hydrogen-bond acceptors (Lipinski definition) is 6. The van der Waals surface area contributed by atoms with Gasteiger partial charge in [-0.25, -0.2) is 13.9 Å². The Kier molecular flexibility index (Phi) is 5.52. The van der Waals surface area contributed by atoms with Gasteiger partial charge in [0.05, 0.1) is 0 Å². The highest BCUT2D eigenvalue weighted by Gasteiger charge is 2.17. The highest BCUT2D eigenvalue weighted by atomic mass is 32.2. The minimum atomic E-state index is -3.67. The SMILES string of the molecule is O=C(C=Cc1ccc(NS(=O)(=O)c2ccc(-c3cccs3)s2)cc1)NO. The summed E-state index contributed by atoms with van der Waals surface area (Å²) in [6, 6.07) is 13.8. The van der Waals surface area contributed by atoms with Crippen LogP contribution in [-0.4, -0.2) is 19.5 Å². The Labute approximate surface area is 158 Å². The van der Waals surface area contributed by atoms with Crippen molar-refractivity contribution in [3.63, 3.8) is 0 Å². The summed E-state index contributed by atoms with van der Waals surface area (Å²) in [7, 11) is -3.67. The Balaban J connectivity index is 1.73. The molecule has 26 heavy (non-hydrogen) atoms. The first-order valence-corrected chi connectivity index (χ1v) is 10.5. The van der Waals surface area contributed by atoms with E-state index in [2.05, 4.69) is 4.72 Å². The van der Waals surface area contributed by atoms with Crippen molar-refractivity contribution in [1.82, 2.24) is 5.48 Å². The molecule has 0 fully saturated rings. The zero-order valence-corrected chi connectivity index (χ0v) is 15.7. The number of thiophene rings is 2. The van der Waals surface area contributed by atoms with Gasteiger partial charge in [-0.05, 0) is 47.4 Å². The van der Waals surface area contributed by atoms with Gasteiger partial charge in [0.1, 0.15) is 4.21 Å². The van der Waals surface area contributed by atoms with Crippen LogP contribution in [0.3, 0.4) is 0 Å². The van der Waals surface area contributed by atoms with Crippen LogP contribution in [0.5, 0.6) is 0 Å². The van der Waals surface area contributed by atoms with Crippen molar-refractivity contribution in [2.24, 2.45) is 0 Å². The standard InChI is InChI=1S/C17H14N2O4S3/c20-16(18-21)9-5-12-3-6-13(7-4-12)19-26(22,23)17-10-8-15(25-17)14-2-1-11-24-14/h1-11,19,21H,(H,18,20). The van der Waals surface area contributed by atoms with E-state index in [4.69, 9.17) is 5.21 Å². The molecule has 0 saturated heterocycles. The first-order chi connectivity index (χ1) is 12.5. The summed E-state index contributed by atoms with van der Waals surface area (Å²) in [6.07, 6.45) is 2.66. The number of rotatable bonds is 6. The number of benzene rings is 1. The van der Waals surface area contributed by atoms with Crippen LogP contribution < -0.4 is 10.2 Å². The second-order valence-electron chi connectivity index (χ2n) is 5.13. The molecule has 2 heterocycles. The van der Waals surface area contributed by atoms with E-state index in [1.807, 2.05) is 17.5 Å². The lowest BCUT2D eigenvalue weighted by atomic mass is 10.2. The molecular formula is C17H14N2O4S3. The number of nitrogens with one attached hydrogen (secondary N) is 2. The summed E-state index contributed by atoms with van der Waals surface area (Å²) in [5, 5.41) is 10.4. The molecule has 0 unspecified atom stereocenters. The van der Waals surface area contributed by atoms with Gasteiger partial charge in [-0.3, -0.25) is 14.7 Å². The summed E-state index contributed by atoms with van der Waals surface area (Å²) in [4.78, 5) is 12.9. The van der Waals surface area contributed by atoms with Gasteiger partial charge in [0.25, 0.3) is 15.9 Å². The van der Waals surface area contributed by atoms with Crippen LogP contribution in [0.25, 0.3) is 15.8 Å². The Hall–Kier alpha value is -2.46. The van der Waals surface area contributed by atoms with Gasteiger partial charge in [-0.15, -0.1) is 22.7 Å². The van der Waals surface area contributed by atoms with Gasteiger partial charge in [0.2, 0.25) is 0 Å². The van der Waals surface area contributed by atoms with Gasteiger partial charge < -0.3 is 0 Å². The molecule has 2 aromatic heterocycles. The van der Waals surface area contributed by atoms with Gasteiger partial charge in [0, 0.05) is 21.5 Å². The Morgan fingerprint density at radius 2 is 1.81 bits per heavy atom. The van der Waals surface area contributed by atoms with Crippen LogP contribution >= 0.6 is 22.7 Å². The highest BCUT2D eigenvalue weighted by molar-refractivity contribution is 7.94. The first kappa shape index (κ1) is 18.3. The number of carbonyl (C=O) groups is 1. The van der Waals surface area contributed by atoms with E-state index < -0.39 is 15.9 Å². The molecule has 0 aliphatic heterocycles. The molecule has 0 radical (unpaired) electrons. The Morgan fingerprint density at radius 1 is 1.04 bits per heavy atom. The largest absolute Gasteiger partial charge is 0.288 e. The molecule has 3 aromatic rings. The Morgan fingerprint density at radius 3 is 2.46 bits per heavy atom. The summed E-state index contributed by atoms with van der Waals surface area (Å²) in [5.41, 5.74) is 2.60. The summed E-state index contributed by atoms with van der Waals surface area (Å²) >= 11 is 2.77. The average Bonchev–Trinajstić information content (AvgIpc) is 3.31. The molecule has 3 N–H and O–H groups in total. The van der Waals surface area contributed by atoms with Crippen molar-refractivity contribution in [3.05, 3.63) is 65.6 Å². The summed E-state index contributed by atoms with van der Waals surface area (Å²) in [5.74, 6) is -0.644. The second kappa shape index (κ2) is 7.83. The van der Waals surface area contributed by atoms with Crippen LogP contribution in [-0.2, 0) is 14.8 Å². The predicted octanol–water partition coefficient (Wildman–Crippen LogP) is 3.80. The zero-order chi connectivity index (χ0) is 18.6. The van der Waals surface area contributed by atoms with Crippen molar-refractivity contribution in [1.29, 1.82) is 0 Å². The lowest BCUT2D eigenvalue weighted by Gasteiger charge is -2.06. The van der Waals surface area contributed by atoms with E-state index in [1.165, 1.54) is 22.9 Å². The molecule has 0 spiro atoms. The van der Waals surface area contributed by atoms with Crippen LogP contribution in [0.2, 0.25) is 0 Å². The quantitative estimate of drug-likeness (QED) is 0.330. The molecule has 1 aromatic carbocycles. The number of carbonyl (C=O) groups excluding carboxylic acids is 1. The van der Waals surface area contributed by atoms with E-state index in [9.17, 15) is 13.2 Å². The monoisotopic (exact) mass is 406 g/mol. The Bertz CT molecular complexity index is 1020. The zero-order valence-electron chi connectivity index (χ0n) is 13.2. The fraction of sp³-hybridized carbons (Fsp3) is 0. The molecule has 9 heteroatoms. The maximum absolute atomic E-state index is 12.5. The first-order valence-electron chi connectivity index (χ1n) is 7.37. The van der Waals surface area contributed by atoms with Crippen molar-refractivity contribution >= 4 is 50.4 Å². The summed E-state index contributed by atoms with van der Waals surface area (Å²) < 4.78 is 27.8. The van der Waals surface area contributed by atoms with Crippen LogP contribution in [0.15, 0.2) is 64.2 Å². The van der Waals surface area contributed by atoms with E-state index in [0.717, 1.165) is 15.8 Å². The molecule has 1 amide bonds. The minimum Gasteiger partial charge on any atom is -0.288 e. The lowest BCUT2D eigenvalue weighted by Crippen LogP contribution is -2.14. The second-order valence-corrected chi connectivity index (χ2v) is 9.07. The third-order valence-electron chi connectivity index (χ3n) is 3.31. The fourth-order valence-corrected chi connectivity index (χ4v) is 5.29. The van der Waals surface area contributed by atoms with E-state index in [1.54, 1.807) is 47.7 Å². The number of hydrogen-bond donors (Lipinski definition) is 3. The van der Waals surface area contributed by atoms with Crippen molar-refractivity contribution in [3.8, 4) is 9.75 Å². The molecule has 0 atom stereocenters. The third-order valence-corrected chi connectivity index (χ3v) is 7.33. The van der Waals surface area contributed by atoms with Gasteiger partial charge >= 0.3 is 0 Å². The van der Waals surface area contributed by atoms with E-state index >= 15 is 0 Å². The number of anilines is 1. The van der Waals surface area contributed by atoms with Crippen molar-refractivity contribution in [2.45, 2.75) is 4.21 Å². The average molecular weight is 407 g/mol. The van der Waals surface area contributed by atoms with E-state index in [-0.39, 0.29) is 4.21 Å². The molecule has 3 rings (SSSR count). The van der Waals surface area contributed by atoms with Crippen LogP contribution in [0.4, 0.5) is 5.69 Å². The smallest absolute Gasteiger partial charge is 0.271 e.